The van der Waals surface area contributed by atoms with Gasteiger partial charge in [0.05, 0.1) is 11.1 Å². The maximum absolute atomic E-state index is 11.3. The number of aromatic amines is 1. The Morgan fingerprint density at radius 3 is 2.52 bits per heavy atom. The number of rotatable bonds is 8. The van der Waals surface area contributed by atoms with E-state index in [9.17, 15) is 4.79 Å². The molecule has 2 amide bonds. The van der Waals surface area contributed by atoms with Crippen LogP contribution < -0.4 is 15.8 Å². The number of nitrogens with zero attached hydrogens (tertiary/aromatic N) is 3. The molecule has 2 aromatic carbocycles. The molecule has 0 saturated heterocycles. The van der Waals surface area contributed by atoms with Crippen LogP contribution >= 0.6 is 0 Å². The van der Waals surface area contributed by atoms with E-state index in [2.05, 4.69) is 10.3 Å². The molecule has 4 rings (SSSR count). The number of H-pyrrole nitrogens is 1. The summed E-state index contributed by atoms with van der Waals surface area (Å²) >= 11 is 0. The van der Waals surface area contributed by atoms with E-state index in [0.717, 1.165) is 22.4 Å². The molecule has 0 aliphatic rings. The molecule has 0 aliphatic carbocycles. The average Bonchev–Trinajstić information content (AvgIpc) is 3.22. The standard InChI is InChI=1S/C23H24N6O2/c1-29(23(24)30)13-12-25-21-19-14-17(15-31-18-10-6-3-7-11-18)26-22(19)28-20(27-21)16-8-4-2-5-9-16/h2-11,14H,12-13,15H2,1H3,(H2,24,30)(H2,25,26,27,28). The number of nitrogens with two attached hydrogens (primary N) is 1. The van der Waals surface area contributed by atoms with Crippen LogP contribution in [0, 0.1) is 0 Å². The summed E-state index contributed by atoms with van der Waals surface area (Å²) in [6, 6.07) is 20.9. The molecule has 2 heterocycles. The van der Waals surface area contributed by atoms with Gasteiger partial charge in [0.25, 0.3) is 0 Å². The van der Waals surface area contributed by atoms with E-state index < -0.39 is 6.03 Å². The average molecular weight is 416 g/mol. The van der Waals surface area contributed by atoms with E-state index in [1.807, 2.05) is 66.7 Å². The Balaban J connectivity index is 1.61. The number of hydrogen-bond donors (Lipinski definition) is 3. The summed E-state index contributed by atoms with van der Waals surface area (Å²) in [6.45, 7) is 1.33. The van der Waals surface area contributed by atoms with Crippen LogP contribution in [-0.2, 0) is 6.61 Å². The number of aromatic nitrogens is 3. The molecule has 0 saturated carbocycles. The van der Waals surface area contributed by atoms with Crippen molar-refractivity contribution in [1.29, 1.82) is 0 Å². The lowest BCUT2D eigenvalue weighted by Crippen LogP contribution is -2.35. The van der Waals surface area contributed by atoms with Crippen molar-refractivity contribution < 1.29 is 9.53 Å². The molecular formula is C23H24N6O2. The highest BCUT2D eigenvalue weighted by molar-refractivity contribution is 5.89. The van der Waals surface area contributed by atoms with E-state index in [1.54, 1.807) is 7.05 Å². The molecule has 0 spiro atoms. The smallest absolute Gasteiger partial charge is 0.314 e. The van der Waals surface area contributed by atoms with Crippen LogP contribution in [0.1, 0.15) is 5.69 Å². The fourth-order valence-electron chi connectivity index (χ4n) is 3.12. The summed E-state index contributed by atoms with van der Waals surface area (Å²) in [4.78, 5) is 25.5. The third-order valence-corrected chi connectivity index (χ3v) is 4.83. The number of ether oxygens (including phenoxy) is 1. The summed E-state index contributed by atoms with van der Waals surface area (Å²) < 4.78 is 5.86. The third-order valence-electron chi connectivity index (χ3n) is 4.83. The minimum atomic E-state index is -0.471. The third kappa shape index (κ3) is 4.92. The van der Waals surface area contributed by atoms with Crippen LogP contribution in [-0.4, -0.2) is 46.0 Å². The lowest BCUT2D eigenvalue weighted by molar-refractivity contribution is 0.220. The summed E-state index contributed by atoms with van der Waals surface area (Å²) in [5.41, 5.74) is 7.82. The van der Waals surface area contributed by atoms with Crippen LogP contribution in [0.2, 0.25) is 0 Å². The fraction of sp³-hybridized carbons (Fsp3) is 0.174. The van der Waals surface area contributed by atoms with E-state index in [0.29, 0.717) is 37.0 Å². The molecule has 4 aromatic rings. The van der Waals surface area contributed by atoms with Crippen molar-refractivity contribution in [1.82, 2.24) is 19.9 Å². The fourth-order valence-corrected chi connectivity index (χ4v) is 3.12. The Labute approximate surface area is 180 Å². The molecule has 31 heavy (non-hydrogen) atoms. The molecule has 158 valence electrons. The molecule has 8 heteroatoms. The van der Waals surface area contributed by atoms with Crippen molar-refractivity contribution >= 4 is 22.9 Å². The highest BCUT2D eigenvalue weighted by Crippen LogP contribution is 2.26. The number of carbonyl (C=O) groups excluding carboxylic acids is 1. The van der Waals surface area contributed by atoms with Gasteiger partial charge in [-0.25, -0.2) is 14.8 Å². The van der Waals surface area contributed by atoms with Crippen molar-refractivity contribution in [2.75, 3.05) is 25.5 Å². The Morgan fingerprint density at radius 1 is 1.10 bits per heavy atom. The van der Waals surface area contributed by atoms with Crippen molar-refractivity contribution in [2.45, 2.75) is 6.61 Å². The SMILES string of the molecule is CN(CCNc1nc(-c2ccccc2)nc2[nH]c(COc3ccccc3)cc12)C(N)=O. The molecule has 0 unspecified atom stereocenters. The predicted octanol–water partition coefficient (Wildman–Crippen LogP) is 3.63. The minimum Gasteiger partial charge on any atom is -0.487 e. The number of para-hydroxylation sites is 1. The Kier molecular flexibility index (Phi) is 5.98. The number of carbonyl (C=O) groups is 1. The van der Waals surface area contributed by atoms with E-state index in [-0.39, 0.29) is 0 Å². The van der Waals surface area contributed by atoms with Crippen LogP contribution in [0.3, 0.4) is 0 Å². The monoisotopic (exact) mass is 416 g/mol. The lowest BCUT2D eigenvalue weighted by atomic mass is 10.2. The molecule has 0 atom stereocenters. The van der Waals surface area contributed by atoms with Gasteiger partial charge in [0.1, 0.15) is 23.8 Å². The normalized spacial score (nSPS) is 10.7. The van der Waals surface area contributed by atoms with E-state index in [1.165, 1.54) is 4.90 Å². The van der Waals surface area contributed by atoms with Gasteiger partial charge in [-0.05, 0) is 18.2 Å². The Hall–Kier alpha value is -4.07. The molecule has 0 radical (unpaired) electrons. The quantitative estimate of drug-likeness (QED) is 0.406. The maximum atomic E-state index is 11.3. The number of benzene rings is 2. The van der Waals surface area contributed by atoms with Crippen molar-refractivity contribution in [3.63, 3.8) is 0 Å². The van der Waals surface area contributed by atoms with Gasteiger partial charge in [-0.2, -0.15) is 0 Å². The Bertz CT molecular complexity index is 1160. The molecule has 0 aliphatic heterocycles. The van der Waals surface area contributed by atoms with E-state index in [4.69, 9.17) is 20.4 Å². The second-order valence-electron chi connectivity index (χ2n) is 7.11. The van der Waals surface area contributed by atoms with Crippen LogP contribution in [0.25, 0.3) is 22.4 Å². The highest BCUT2D eigenvalue weighted by atomic mass is 16.5. The number of nitrogens with one attached hydrogen (secondary N) is 2. The zero-order valence-electron chi connectivity index (χ0n) is 17.2. The molecule has 4 N–H and O–H groups in total. The van der Waals surface area contributed by atoms with Crippen LogP contribution in [0.15, 0.2) is 66.7 Å². The number of urea groups is 1. The predicted molar refractivity (Wildman–Crippen MR) is 121 cm³/mol. The first-order valence-electron chi connectivity index (χ1n) is 9.97. The van der Waals surface area contributed by atoms with Crippen LogP contribution in [0.5, 0.6) is 5.75 Å². The largest absolute Gasteiger partial charge is 0.487 e. The zero-order chi connectivity index (χ0) is 21.6. The summed E-state index contributed by atoms with van der Waals surface area (Å²) in [6.07, 6.45) is 0. The van der Waals surface area contributed by atoms with Gasteiger partial charge < -0.3 is 25.7 Å². The van der Waals surface area contributed by atoms with Gasteiger partial charge in [0, 0.05) is 25.7 Å². The molecule has 0 bridgehead atoms. The lowest BCUT2D eigenvalue weighted by Gasteiger charge is -2.15. The second-order valence-corrected chi connectivity index (χ2v) is 7.11. The molecule has 8 nitrogen and oxygen atoms in total. The number of fused-ring (bicyclic) bond motifs is 1. The van der Waals surface area contributed by atoms with Gasteiger partial charge >= 0.3 is 6.03 Å². The van der Waals surface area contributed by atoms with E-state index >= 15 is 0 Å². The first-order chi connectivity index (χ1) is 15.1. The highest BCUT2D eigenvalue weighted by Gasteiger charge is 2.13. The topological polar surface area (TPSA) is 109 Å². The Morgan fingerprint density at radius 2 is 1.81 bits per heavy atom. The van der Waals surface area contributed by atoms with Crippen molar-refractivity contribution in [3.8, 4) is 17.1 Å². The number of amides is 2. The first-order valence-corrected chi connectivity index (χ1v) is 9.97. The second kappa shape index (κ2) is 9.17. The number of hydrogen-bond acceptors (Lipinski definition) is 5. The summed E-state index contributed by atoms with van der Waals surface area (Å²) in [5, 5.41) is 4.16. The first kappa shape index (κ1) is 20.2. The van der Waals surface area contributed by atoms with Gasteiger partial charge in [-0.3, -0.25) is 0 Å². The maximum Gasteiger partial charge on any atom is 0.314 e. The van der Waals surface area contributed by atoms with Gasteiger partial charge in [0.2, 0.25) is 0 Å². The number of likely N-dealkylation sites (N-methyl/N-ethyl adjacent to an activating group) is 1. The molecule has 0 fully saturated rings. The van der Waals surface area contributed by atoms with Crippen molar-refractivity contribution in [2.24, 2.45) is 5.73 Å². The zero-order valence-corrected chi connectivity index (χ0v) is 17.2. The summed E-state index contributed by atoms with van der Waals surface area (Å²) in [7, 11) is 1.66. The van der Waals surface area contributed by atoms with Crippen LogP contribution in [0.4, 0.5) is 10.6 Å². The van der Waals surface area contributed by atoms with Crippen molar-refractivity contribution in [3.05, 3.63) is 72.4 Å². The van der Waals surface area contributed by atoms with Gasteiger partial charge in [-0.1, -0.05) is 48.5 Å². The molecular weight excluding hydrogens is 392 g/mol. The number of anilines is 1. The number of primary amides is 1. The van der Waals surface area contributed by atoms with Gasteiger partial charge in [0.15, 0.2) is 5.82 Å². The molecule has 2 aromatic heterocycles. The summed E-state index contributed by atoms with van der Waals surface area (Å²) in [5.74, 6) is 2.09. The van der Waals surface area contributed by atoms with Gasteiger partial charge in [-0.15, -0.1) is 0 Å². The minimum absolute atomic E-state index is 0.380.